The normalized spacial score (nSPS) is 25.2. The molecule has 1 amide bonds. The van der Waals surface area contributed by atoms with E-state index in [1.807, 2.05) is 18.2 Å². The Morgan fingerprint density at radius 1 is 1.38 bits per heavy atom. The molecule has 21 heavy (non-hydrogen) atoms. The van der Waals surface area contributed by atoms with E-state index in [9.17, 15) is 4.79 Å². The number of rotatable bonds is 2. The Labute approximate surface area is 123 Å². The highest BCUT2D eigenvalue weighted by atomic mass is 16.2. The highest BCUT2D eigenvalue weighted by molar-refractivity contribution is 5.83. The van der Waals surface area contributed by atoms with Crippen molar-refractivity contribution >= 4 is 16.8 Å². The number of piperidine rings is 1. The second kappa shape index (κ2) is 5.15. The van der Waals surface area contributed by atoms with E-state index in [4.69, 9.17) is 0 Å². The molecule has 2 N–H and O–H groups in total. The lowest BCUT2D eigenvalue weighted by molar-refractivity contribution is -0.134. The van der Waals surface area contributed by atoms with E-state index >= 15 is 0 Å². The van der Waals surface area contributed by atoms with E-state index in [0.717, 1.165) is 42.5 Å². The number of carbonyl (C=O) groups is 1. The van der Waals surface area contributed by atoms with Gasteiger partial charge in [-0.05, 0) is 30.4 Å². The Balaban J connectivity index is 1.51. The van der Waals surface area contributed by atoms with Crippen LogP contribution in [-0.2, 0) is 11.2 Å². The van der Waals surface area contributed by atoms with Gasteiger partial charge in [-0.15, -0.1) is 0 Å². The molecule has 0 saturated carbocycles. The number of amides is 1. The van der Waals surface area contributed by atoms with Crippen LogP contribution in [0.3, 0.4) is 0 Å². The molecule has 2 aromatic rings. The van der Waals surface area contributed by atoms with E-state index < -0.39 is 0 Å². The number of aromatic nitrogens is 2. The van der Waals surface area contributed by atoms with Crippen LogP contribution in [0.5, 0.6) is 0 Å². The lowest BCUT2D eigenvalue weighted by Crippen LogP contribution is -2.48. The first kappa shape index (κ1) is 12.8. The molecule has 1 aromatic carbocycles. The summed E-state index contributed by atoms with van der Waals surface area (Å²) in [4.78, 5) is 14.8. The van der Waals surface area contributed by atoms with Crippen molar-refractivity contribution < 1.29 is 4.79 Å². The minimum Gasteiger partial charge on any atom is -0.338 e. The topological polar surface area (TPSA) is 61.0 Å². The maximum atomic E-state index is 12.7. The summed E-state index contributed by atoms with van der Waals surface area (Å²) in [5.74, 6) is 0.907. The molecule has 2 atom stereocenters. The quantitative estimate of drug-likeness (QED) is 0.874. The summed E-state index contributed by atoms with van der Waals surface area (Å²) in [5.41, 5.74) is 2.06. The number of nitrogens with one attached hydrogen (secondary N) is 2. The second-order valence-electron chi connectivity index (χ2n) is 6.18. The van der Waals surface area contributed by atoms with E-state index in [2.05, 4.69) is 20.4 Å². The summed E-state index contributed by atoms with van der Waals surface area (Å²) in [6.45, 7) is 2.93. The first-order chi connectivity index (χ1) is 10.3. The summed E-state index contributed by atoms with van der Waals surface area (Å²) in [5, 5.41) is 11.5. The van der Waals surface area contributed by atoms with Crippen molar-refractivity contribution in [2.75, 3.05) is 19.6 Å². The fraction of sp³-hybridized carbons (Fsp3) is 0.500. The Morgan fingerprint density at radius 2 is 2.33 bits per heavy atom. The van der Waals surface area contributed by atoms with Gasteiger partial charge >= 0.3 is 0 Å². The zero-order valence-corrected chi connectivity index (χ0v) is 12.0. The molecule has 5 nitrogen and oxygen atoms in total. The number of aromatic amines is 1. The fourth-order valence-electron chi connectivity index (χ4n) is 3.75. The SMILES string of the molecule is O=C(Cc1ccc2cn[nH]c2c1)N1CCC[C@H]2CNC[C@H]21. The van der Waals surface area contributed by atoms with Crippen LogP contribution in [0, 0.1) is 5.92 Å². The standard InChI is InChI=1S/C16H20N4O/c21-16(20-5-1-2-13-8-17-10-15(13)20)7-11-3-4-12-9-18-19-14(12)6-11/h3-4,6,9,13,15,17H,1-2,5,7-8,10H2,(H,18,19)/t13-,15+/m0/s1. The highest BCUT2D eigenvalue weighted by Crippen LogP contribution is 2.27. The maximum Gasteiger partial charge on any atom is 0.227 e. The number of hydrogen-bond donors (Lipinski definition) is 2. The van der Waals surface area contributed by atoms with Crippen LogP contribution in [-0.4, -0.2) is 46.7 Å². The average Bonchev–Trinajstić information content (AvgIpc) is 3.14. The third-order valence-electron chi connectivity index (χ3n) is 4.86. The first-order valence-electron chi connectivity index (χ1n) is 7.73. The van der Waals surface area contributed by atoms with Crippen LogP contribution in [0.2, 0.25) is 0 Å². The lowest BCUT2D eigenvalue weighted by atomic mass is 9.91. The zero-order valence-electron chi connectivity index (χ0n) is 12.0. The number of carbonyl (C=O) groups excluding carboxylic acids is 1. The van der Waals surface area contributed by atoms with E-state index in [1.165, 1.54) is 6.42 Å². The molecule has 0 radical (unpaired) electrons. The molecular formula is C16H20N4O. The summed E-state index contributed by atoms with van der Waals surface area (Å²) in [6, 6.07) is 6.50. The third kappa shape index (κ3) is 2.31. The van der Waals surface area contributed by atoms with Gasteiger partial charge < -0.3 is 10.2 Å². The lowest BCUT2D eigenvalue weighted by Gasteiger charge is -2.37. The molecule has 0 spiro atoms. The summed E-state index contributed by atoms with van der Waals surface area (Å²) >= 11 is 0. The number of H-pyrrole nitrogens is 1. The summed E-state index contributed by atoms with van der Waals surface area (Å²) in [6.07, 6.45) is 4.67. The van der Waals surface area contributed by atoms with Crippen LogP contribution in [0.15, 0.2) is 24.4 Å². The second-order valence-corrected chi connectivity index (χ2v) is 6.18. The largest absolute Gasteiger partial charge is 0.338 e. The monoisotopic (exact) mass is 284 g/mol. The van der Waals surface area contributed by atoms with Gasteiger partial charge in [-0.25, -0.2) is 0 Å². The number of benzene rings is 1. The van der Waals surface area contributed by atoms with Gasteiger partial charge in [-0.1, -0.05) is 12.1 Å². The molecule has 0 aliphatic carbocycles. The van der Waals surface area contributed by atoms with Gasteiger partial charge in [0.05, 0.1) is 18.1 Å². The van der Waals surface area contributed by atoms with Crippen LogP contribution in [0.4, 0.5) is 0 Å². The molecule has 2 aliphatic heterocycles. The Kier molecular flexibility index (Phi) is 3.15. The maximum absolute atomic E-state index is 12.7. The molecule has 2 fully saturated rings. The molecule has 0 unspecified atom stereocenters. The van der Waals surface area contributed by atoms with Crippen LogP contribution in [0.1, 0.15) is 18.4 Å². The van der Waals surface area contributed by atoms with E-state index in [0.29, 0.717) is 18.4 Å². The smallest absolute Gasteiger partial charge is 0.227 e. The first-order valence-corrected chi connectivity index (χ1v) is 7.73. The van der Waals surface area contributed by atoms with E-state index in [1.54, 1.807) is 6.20 Å². The minimum atomic E-state index is 0.257. The Bertz CT molecular complexity index is 665. The van der Waals surface area contributed by atoms with Gasteiger partial charge in [0, 0.05) is 31.1 Å². The van der Waals surface area contributed by atoms with Crippen molar-refractivity contribution in [3.05, 3.63) is 30.0 Å². The zero-order chi connectivity index (χ0) is 14.2. The predicted molar refractivity (Wildman–Crippen MR) is 80.9 cm³/mol. The molecule has 3 heterocycles. The molecule has 5 heteroatoms. The third-order valence-corrected chi connectivity index (χ3v) is 4.86. The highest BCUT2D eigenvalue weighted by Gasteiger charge is 2.37. The molecule has 2 saturated heterocycles. The van der Waals surface area contributed by atoms with Crippen LogP contribution < -0.4 is 5.32 Å². The van der Waals surface area contributed by atoms with Gasteiger partial charge in [0.25, 0.3) is 0 Å². The predicted octanol–water partition coefficient (Wildman–Crippen LogP) is 1.32. The number of likely N-dealkylation sites (tertiary alicyclic amines) is 1. The van der Waals surface area contributed by atoms with Crippen molar-refractivity contribution in [1.82, 2.24) is 20.4 Å². The van der Waals surface area contributed by atoms with Gasteiger partial charge in [-0.2, -0.15) is 5.10 Å². The van der Waals surface area contributed by atoms with Gasteiger partial charge in [0.1, 0.15) is 0 Å². The molecular weight excluding hydrogens is 264 g/mol. The molecule has 0 bridgehead atoms. The number of hydrogen-bond acceptors (Lipinski definition) is 3. The fourth-order valence-corrected chi connectivity index (χ4v) is 3.75. The molecule has 2 aliphatic rings. The van der Waals surface area contributed by atoms with Gasteiger partial charge in [0.15, 0.2) is 0 Å². The molecule has 1 aromatic heterocycles. The van der Waals surface area contributed by atoms with Crippen LogP contribution >= 0.6 is 0 Å². The minimum absolute atomic E-state index is 0.257. The van der Waals surface area contributed by atoms with Crippen molar-refractivity contribution in [1.29, 1.82) is 0 Å². The van der Waals surface area contributed by atoms with Crippen LogP contribution in [0.25, 0.3) is 10.9 Å². The number of fused-ring (bicyclic) bond motifs is 2. The average molecular weight is 284 g/mol. The summed E-state index contributed by atoms with van der Waals surface area (Å²) in [7, 11) is 0. The van der Waals surface area contributed by atoms with Gasteiger partial charge in [-0.3, -0.25) is 9.89 Å². The van der Waals surface area contributed by atoms with Crippen molar-refractivity contribution in [3.63, 3.8) is 0 Å². The molecule has 4 rings (SSSR count). The van der Waals surface area contributed by atoms with Crippen molar-refractivity contribution in [2.45, 2.75) is 25.3 Å². The van der Waals surface area contributed by atoms with Crippen molar-refractivity contribution in [3.8, 4) is 0 Å². The summed E-state index contributed by atoms with van der Waals surface area (Å²) < 4.78 is 0. The van der Waals surface area contributed by atoms with Crippen molar-refractivity contribution in [2.24, 2.45) is 5.92 Å². The van der Waals surface area contributed by atoms with Gasteiger partial charge in [0.2, 0.25) is 5.91 Å². The molecule has 110 valence electrons. The Hall–Kier alpha value is -1.88. The number of nitrogens with zero attached hydrogens (tertiary/aromatic N) is 2. The van der Waals surface area contributed by atoms with E-state index in [-0.39, 0.29) is 5.91 Å². The Morgan fingerprint density at radius 3 is 3.29 bits per heavy atom.